The molecule has 0 unspecified atom stereocenters. The molecule has 0 aliphatic rings. The van der Waals surface area contributed by atoms with E-state index in [-0.39, 0.29) is 17.4 Å². The second-order valence-electron chi connectivity index (χ2n) is 6.30. The number of anilines is 1. The number of Topliss-reactive ketones (excluding diaryl/α,β-unsaturated/α-hetero) is 1. The first kappa shape index (κ1) is 21.9. The molecule has 31 heavy (non-hydrogen) atoms. The fourth-order valence-electron chi connectivity index (χ4n) is 2.56. The molecule has 12 heteroatoms. The van der Waals surface area contributed by atoms with Crippen LogP contribution in [-0.2, 0) is 11.8 Å². The zero-order valence-electron chi connectivity index (χ0n) is 16.1. The second kappa shape index (κ2) is 9.90. The van der Waals surface area contributed by atoms with E-state index in [2.05, 4.69) is 41.8 Å². The quantitative estimate of drug-likeness (QED) is 0.263. The molecule has 0 saturated heterocycles. The molecule has 0 aliphatic heterocycles. The summed E-state index contributed by atoms with van der Waals surface area (Å²) in [6, 6.07) is 12.9. The first-order valence-corrected chi connectivity index (χ1v) is 12.5. The third kappa shape index (κ3) is 5.70. The number of amides is 1. The number of hydrogen-bond donors (Lipinski definition) is 1. The van der Waals surface area contributed by atoms with Gasteiger partial charge in [0.05, 0.1) is 21.7 Å². The first-order chi connectivity index (χ1) is 15.0. The molecule has 0 bridgehead atoms. The third-order valence-electron chi connectivity index (χ3n) is 4.06. The van der Waals surface area contributed by atoms with Crippen LogP contribution < -0.4 is 5.32 Å². The number of ketones is 1. The van der Waals surface area contributed by atoms with E-state index in [4.69, 9.17) is 0 Å². The Kier molecular flexibility index (Phi) is 7.00. The number of nitrogens with zero attached hydrogens (tertiary/aromatic N) is 5. The summed E-state index contributed by atoms with van der Waals surface area (Å²) in [4.78, 5) is 29.2. The summed E-state index contributed by atoms with van der Waals surface area (Å²) < 4.78 is 4.22. The van der Waals surface area contributed by atoms with Crippen LogP contribution in [0.5, 0.6) is 0 Å². The van der Waals surface area contributed by atoms with Crippen molar-refractivity contribution >= 4 is 78.4 Å². The number of nitrogens with one attached hydrogen (secondary N) is 1. The van der Waals surface area contributed by atoms with Crippen LogP contribution in [-0.4, -0.2) is 48.4 Å². The van der Waals surface area contributed by atoms with Crippen molar-refractivity contribution in [2.75, 3.05) is 16.8 Å². The van der Waals surface area contributed by atoms with E-state index in [1.54, 1.807) is 19.2 Å². The lowest BCUT2D eigenvalue weighted by Gasteiger charge is -2.04. The summed E-state index contributed by atoms with van der Waals surface area (Å²) in [5, 5.41) is 14.6. The minimum Gasteiger partial charge on any atom is -0.325 e. The van der Waals surface area contributed by atoms with E-state index in [0.717, 1.165) is 19.0 Å². The fourth-order valence-corrected chi connectivity index (χ4v) is 5.48. The molecule has 158 valence electrons. The topological polar surface area (TPSA) is 103 Å². The number of carbonyl (C=O) groups excluding carboxylic acids is 2. The summed E-state index contributed by atoms with van der Waals surface area (Å²) in [6.45, 7) is 0. The Hall–Kier alpha value is -2.28. The predicted octanol–water partition coefficient (Wildman–Crippen LogP) is 4.29. The van der Waals surface area contributed by atoms with E-state index >= 15 is 0 Å². The largest absolute Gasteiger partial charge is 0.325 e. The number of halogens is 1. The highest BCUT2D eigenvalue weighted by Crippen LogP contribution is 2.31. The van der Waals surface area contributed by atoms with Crippen LogP contribution in [0.15, 0.2) is 56.4 Å². The van der Waals surface area contributed by atoms with Crippen LogP contribution in [0.4, 0.5) is 5.69 Å². The van der Waals surface area contributed by atoms with Crippen LogP contribution in [0.1, 0.15) is 10.4 Å². The molecular formula is C19H15BrN6O2S3. The van der Waals surface area contributed by atoms with Gasteiger partial charge in [0.25, 0.3) is 0 Å². The summed E-state index contributed by atoms with van der Waals surface area (Å²) in [5.41, 5.74) is 2.21. The van der Waals surface area contributed by atoms with Crippen molar-refractivity contribution in [1.82, 2.24) is 25.2 Å². The van der Waals surface area contributed by atoms with Gasteiger partial charge >= 0.3 is 0 Å². The standard InChI is InChI=1S/C19H15BrN6O2S3/c1-26-18(23-24-25-26)29-10-17(28)21-13-6-7-14-16(8-13)31-19(22-14)30-9-15(27)11-2-4-12(20)5-3-11/h2-8H,9-10H2,1H3,(H,21,28). The maximum Gasteiger partial charge on any atom is 0.234 e. The summed E-state index contributed by atoms with van der Waals surface area (Å²) in [5.74, 6) is 0.430. The number of carbonyl (C=O) groups is 2. The van der Waals surface area contributed by atoms with E-state index in [9.17, 15) is 9.59 Å². The van der Waals surface area contributed by atoms with E-state index in [1.165, 1.54) is 39.5 Å². The number of tetrazole rings is 1. The molecule has 0 radical (unpaired) electrons. The molecule has 1 amide bonds. The van der Waals surface area contributed by atoms with Crippen LogP contribution in [0.25, 0.3) is 10.2 Å². The Morgan fingerprint density at radius 1 is 1.13 bits per heavy atom. The number of fused-ring (bicyclic) bond motifs is 1. The van der Waals surface area contributed by atoms with E-state index in [0.29, 0.717) is 22.2 Å². The van der Waals surface area contributed by atoms with Crippen LogP contribution in [0.3, 0.4) is 0 Å². The molecule has 0 atom stereocenters. The molecule has 4 rings (SSSR count). The Labute approximate surface area is 198 Å². The number of rotatable bonds is 8. The molecule has 2 aromatic carbocycles. The van der Waals surface area contributed by atoms with Crippen LogP contribution in [0, 0.1) is 0 Å². The molecule has 0 aliphatic carbocycles. The highest BCUT2D eigenvalue weighted by molar-refractivity contribution is 9.10. The predicted molar refractivity (Wildman–Crippen MR) is 127 cm³/mol. The molecule has 2 aromatic heterocycles. The Morgan fingerprint density at radius 3 is 2.68 bits per heavy atom. The van der Waals surface area contributed by atoms with Gasteiger partial charge in [-0.3, -0.25) is 9.59 Å². The van der Waals surface area contributed by atoms with E-state index in [1.807, 2.05) is 30.3 Å². The maximum atomic E-state index is 12.4. The SMILES string of the molecule is Cn1nnnc1SCC(=O)Nc1ccc2nc(SCC(=O)c3ccc(Br)cc3)sc2c1. The smallest absolute Gasteiger partial charge is 0.234 e. The Balaban J connectivity index is 1.35. The maximum absolute atomic E-state index is 12.4. The highest BCUT2D eigenvalue weighted by atomic mass is 79.9. The molecule has 0 spiro atoms. The number of hydrogen-bond acceptors (Lipinski definition) is 9. The first-order valence-electron chi connectivity index (χ1n) is 8.95. The van der Waals surface area contributed by atoms with Crippen LogP contribution >= 0.6 is 50.8 Å². The van der Waals surface area contributed by atoms with Gasteiger partial charge in [0, 0.05) is 22.8 Å². The molecule has 0 saturated carbocycles. The van der Waals surface area contributed by atoms with Gasteiger partial charge in [-0.05, 0) is 40.8 Å². The van der Waals surface area contributed by atoms with Crippen molar-refractivity contribution in [2.45, 2.75) is 9.50 Å². The van der Waals surface area contributed by atoms with Gasteiger partial charge in [-0.25, -0.2) is 9.67 Å². The van der Waals surface area contributed by atoms with Gasteiger partial charge in [0.15, 0.2) is 10.1 Å². The lowest BCUT2D eigenvalue weighted by atomic mass is 10.2. The van der Waals surface area contributed by atoms with Gasteiger partial charge in [-0.1, -0.05) is 51.6 Å². The molecule has 8 nitrogen and oxygen atoms in total. The summed E-state index contributed by atoms with van der Waals surface area (Å²) >= 11 is 7.55. The number of aryl methyl sites for hydroxylation is 1. The zero-order chi connectivity index (χ0) is 21.8. The van der Waals surface area contributed by atoms with Crippen molar-refractivity contribution < 1.29 is 9.59 Å². The fraction of sp³-hybridized carbons (Fsp3) is 0.158. The van der Waals surface area contributed by atoms with Gasteiger partial charge in [-0.15, -0.1) is 16.4 Å². The summed E-state index contributed by atoms with van der Waals surface area (Å²) in [7, 11) is 1.72. The monoisotopic (exact) mass is 534 g/mol. The number of thioether (sulfide) groups is 2. The molecule has 4 aromatic rings. The van der Waals surface area contributed by atoms with Crippen molar-refractivity contribution in [3.8, 4) is 0 Å². The lowest BCUT2D eigenvalue weighted by Crippen LogP contribution is -2.14. The molecule has 1 N–H and O–H groups in total. The van der Waals surface area contributed by atoms with Crippen molar-refractivity contribution in [1.29, 1.82) is 0 Å². The highest BCUT2D eigenvalue weighted by Gasteiger charge is 2.12. The van der Waals surface area contributed by atoms with Gasteiger partial charge in [0.2, 0.25) is 11.1 Å². The average molecular weight is 535 g/mol. The summed E-state index contributed by atoms with van der Waals surface area (Å²) in [6.07, 6.45) is 0. The minimum absolute atomic E-state index is 0.0559. The van der Waals surface area contributed by atoms with Gasteiger partial charge in [-0.2, -0.15) is 0 Å². The number of thiazole rings is 1. The number of aromatic nitrogens is 5. The lowest BCUT2D eigenvalue weighted by molar-refractivity contribution is -0.113. The molecule has 0 fully saturated rings. The Bertz CT molecular complexity index is 1240. The average Bonchev–Trinajstić information content (AvgIpc) is 3.36. The minimum atomic E-state index is -0.147. The van der Waals surface area contributed by atoms with E-state index < -0.39 is 0 Å². The van der Waals surface area contributed by atoms with Crippen molar-refractivity contribution in [3.05, 3.63) is 52.5 Å². The zero-order valence-corrected chi connectivity index (χ0v) is 20.1. The van der Waals surface area contributed by atoms with Gasteiger partial charge < -0.3 is 5.32 Å². The Morgan fingerprint density at radius 2 is 1.94 bits per heavy atom. The van der Waals surface area contributed by atoms with Crippen molar-refractivity contribution in [2.24, 2.45) is 7.05 Å². The third-order valence-corrected chi connectivity index (χ3v) is 7.76. The van der Waals surface area contributed by atoms with Gasteiger partial charge in [0.1, 0.15) is 0 Å². The van der Waals surface area contributed by atoms with Crippen LogP contribution in [0.2, 0.25) is 0 Å². The normalized spacial score (nSPS) is 11.0. The molecule has 2 heterocycles. The molecular weight excluding hydrogens is 520 g/mol. The second-order valence-corrected chi connectivity index (χ2v) is 10.4. The number of benzene rings is 2. The van der Waals surface area contributed by atoms with Crippen molar-refractivity contribution in [3.63, 3.8) is 0 Å².